The molecule has 1 aromatic carbocycles. The van der Waals surface area contributed by atoms with E-state index < -0.39 is 0 Å². The quantitative estimate of drug-likeness (QED) is 0.906. The van der Waals surface area contributed by atoms with Crippen LogP contribution in [-0.4, -0.2) is 52.2 Å². The van der Waals surface area contributed by atoms with Gasteiger partial charge in [-0.2, -0.15) is 10.1 Å². The number of carbonyl (C=O) groups excluding carboxylic acids is 1. The zero-order valence-corrected chi connectivity index (χ0v) is 15.3. The average Bonchev–Trinajstić information content (AvgIpc) is 2.58. The third-order valence-corrected chi connectivity index (χ3v) is 4.54. The molecule has 2 heterocycles. The highest BCUT2D eigenvalue weighted by Crippen LogP contribution is 2.29. The van der Waals surface area contributed by atoms with Crippen LogP contribution in [0, 0.1) is 13.8 Å². The second kappa shape index (κ2) is 7.23. The maximum Gasteiger partial charge on any atom is 0.247 e. The van der Waals surface area contributed by atoms with E-state index in [0.29, 0.717) is 43.0 Å². The predicted octanol–water partition coefficient (Wildman–Crippen LogP) is 2.55. The van der Waals surface area contributed by atoms with Crippen molar-refractivity contribution in [1.29, 1.82) is 0 Å². The Hall–Kier alpha value is -2.41. The first-order chi connectivity index (χ1) is 11.9. The summed E-state index contributed by atoms with van der Waals surface area (Å²) in [7, 11) is 0. The number of rotatable bonds is 3. The van der Waals surface area contributed by atoms with Crippen LogP contribution in [0.2, 0.25) is 5.02 Å². The number of nitrogens with zero attached hydrogens (tertiary/aromatic N) is 5. The number of piperazine rings is 1. The van der Waals surface area contributed by atoms with Crippen molar-refractivity contribution in [2.45, 2.75) is 20.8 Å². The molecule has 1 saturated heterocycles. The highest BCUT2D eigenvalue weighted by Gasteiger charge is 2.21. The number of hydrogen-bond donors (Lipinski definition) is 1. The first-order valence-corrected chi connectivity index (χ1v) is 8.56. The molecule has 1 aliphatic rings. The lowest BCUT2D eigenvalue weighted by Crippen LogP contribution is -2.48. The molecular weight excluding hydrogens is 340 g/mol. The molecule has 8 heteroatoms. The molecule has 1 amide bonds. The first kappa shape index (κ1) is 17.4. The van der Waals surface area contributed by atoms with Gasteiger partial charge in [0.05, 0.1) is 16.9 Å². The van der Waals surface area contributed by atoms with Gasteiger partial charge in [-0.1, -0.05) is 17.7 Å². The number of aromatic nitrogens is 3. The van der Waals surface area contributed by atoms with Crippen molar-refractivity contribution in [2.75, 3.05) is 36.4 Å². The number of halogens is 1. The molecule has 1 N–H and O–H groups in total. The van der Waals surface area contributed by atoms with E-state index in [0.717, 1.165) is 16.8 Å². The van der Waals surface area contributed by atoms with Gasteiger partial charge in [-0.15, -0.1) is 5.10 Å². The van der Waals surface area contributed by atoms with Crippen LogP contribution in [0.4, 0.5) is 17.5 Å². The van der Waals surface area contributed by atoms with Crippen molar-refractivity contribution in [3.63, 3.8) is 0 Å². The molecule has 1 fully saturated rings. The third-order valence-electron chi connectivity index (χ3n) is 4.24. The molecule has 0 spiro atoms. The Morgan fingerprint density at radius 3 is 2.56 bits per heavy atom. The lowest BCUT2D eigenvalue weighted by atomic mass is 10.1. The molecule has 7 nitrogen and oxygen atoms in total. The standard InChI is InChI=1S/C17H21ClN6O/c1-11-8-12(2)16(14(18)9-11)20-15-10-19-22-17(21-15)24-6-4-23(5-7-24)13(3)25/h8-10H,4-7H2,1-3H3,(H,20,21,22). The zero-order valence-electron chi connectivity index (χ0n) is 14.6. The summed E-state index contributed by atoms with van der Waals surface area (Å²) in [4.78, 5) is 19.8. The van der Waals surface area contributed by atoms with Crippen molar-refractivity contribution in [2.24, 2.45) is 0 Å². The number of benzene rings is 1. The molecule has 0 atom stereocenters. The van der Waals surface area contributed by atoms with Crippen molar-refractivity contribution >= 4 is 35.0 Å². The minimum atomic E-state index is 0.0959. The third kappa shape index (κ3) is 3.99. The summed E-state index contributed by atoms with van der Waals surface area (Å²) >= 11 is 6.34. The Morgan fingerprint density at radius 1 is 1.20 bits per heavy atom. The molecule has 0 saturated carbocycles. The fraction of sp³-hybridized carbons (Fsp3) is 0.412. The van der Waals surface area contributed by atoms with E-state index in [-0.39, 0.29) is 5.91 Å². The van der Waals surface area contributed by atoms with Gasteiger partial charge in [0, 0.05) is 33.1 Å². The minimum absolute atomic E-state index is 0.0959. The molecular formula is C17H21ClN6O. The lowest BCUT2D eigenvalue weighted by Gasteiger charge is -2.33. The summed E-state index contributed by atoms with van der Waals surface area (Å²) < 4.78 is 0. The van der Waals surface area contributed by atoms with Gasteiger partial charge in [0.1, 0.15) is 0 Å². The first-order valence-electron chi connectivity index (χ1n) is 8.18. The zero-order chi connectivity index (χ0) is 18.0. The Bertz CT molecular complexity index is 765. The topological polar surface area (TPSA) is 74.2 Å². The van der Waals surface area contributed by atoms with Crippen LogP contribution in [0.3, 0.4) is 0 Å². The molecule has 0 unspecified atom stereocenters. The fourth-order valence-corrected chi connectivity index (χ4v) is 3.28. The number of anilines is 3. The largest absolute Gasteiger partial charge is 0.339 e. The minimum Gasteiger partial charge on any atom is -0.339 e. The summed E-state index contributed by atoms with van der Waals surface area (Å²) in [6.45, 7) is 8.31. The van der Waals surface area contributed by atoms with E-state index >= 15 is 0 Å². The monoisotopic (exact) mass is 360 g/mol. The molecule has 0 bridgehead atoms. The predicted molar refractivity (Wildman–Crippen MR) is 98.5 cm³/mol. The lowest BCUT2D eigenvalue weighted by molar-refractivity contribution is -0.129. The average molecular weight is 361 g/mol. The molecule has 0 aliphatic carbocycles. The summed E-state index contributed by atoms with van der Waals surface area (Å²) in [5.74, 6) is 1.24. The van der Waals surface area contributed by atoms with Crippen LogP contribution >= 0.6 is 11.6 Å². The van der Waals surface area contributed by atoms with Crippen LogP contribution < -0.4 is 10.2 Å². The number of aryl methyl sites for hydroxylation is 2. The highest BCUT2D eigenvalue weighted by molar-refractivity contribution is 6.33. The van der Waals surface area contributed by atoms with Crippen LogP contribution in [0.25, 0.3) is 0 Å². The molecule has 2 aromatic rings. The van der Waals surface area contributed by atoms with E-state index in [1.165, 1.54) is 0 Å². The Labute approximate surface area is 152 Å². The van der Waals surface area contributed by atoms with Crippen LogP contribution in [0.15, 0.2) is 18.3 Å². The summed E-state index contributed by atoms with van der Waals surface area (Å²) in [6.07, 6.45) is 1.57. The maximum absolute atomic E-state index is 11.4. The molecule has 3 rings (SSSR count). The Kier molecular flexibility index (Phi) is 5.03. The van der Waals surface area contributed by atoms with E-state index in [4.69, 9.17) is 11.6 Å². The Balaban J connectivity index is 1.76. The number of nitrogens with one attached hydrogen (secondary N) is 1. The van der Waals surface area contributed by atoms with Crippen LogP contribution in [0.1, 0.15) is 18.1 Å². The summed E-state index contributed by atoms with van der Waals surface area (Å²) in [5, 5.41) is 12.1. The van der Waals surface area contributed by atoms with Gasteiger partial charge in [0.25, 0.3) is 0 Å². The van der Waals surface area contributed by atoms with Gasteiger partial charge in [0.15, 0.2) is 5.82 Å². The van der Waals surface area contributed by atoms with Crippen molar-refractivity contribution < 1.29 is 4.79 Å². The van der Waals surface area contributed by atoms with E-state index in [1.807, 2.05) is 29.7 Å². The number of hydrogen-bond acceptors (Lipinski definition) is 6. The number of carbonyl (C=O) groups is 1. The van der Waals surface area contributed by atoms with Crippen LogP contribution in [-0.2, 0) is 4.79 Å². The second-order valence-corrected chi connectivity index (χ2v) is 6.61. The highest BCUT2D eigenvalue weighted by atomic mass is 35.5. The normalized spacial score (nSPS) is 14.6. The smallest absolute Gasteiger partial charge is 0.247 e. The van der Waals surface area contributed by atoms with Crippen molar-refractivity contribution in [3.05, 3.63) is 34.5 Å². The van der Waals surface area contributed by atoms with Crippen molar-refractivity contribution in [1.82, 2.24) is 20.1 Å². The van der Waals surface area contributed by atoms with Gasteiger partial charge in [-0.3, -0.25) is 4.79 Å². The summed E-state index contributed by atoms with van der Waals surface area (Å²) in [5.41, 5.74) is 2.97. The molecule has 0 radical (unpaired) electrons. The van der Waals surface area contributed by atoms with Gasteiger partial charge in [-0.25, -0.2) is 0 Å². The van der Waals surface area contributed by atoms with E-state index in [9.17, 15) is 4.79 Å². The van der Waals surface area contributed by atoms with Gasteiger partial charge in [-0.05, 0) is 31.0 Å². The second-order valence-electron chi connectivity index (χ2n) is 6.20. The fourth-order valence-electron chi connectivity index (χ4n) is 2.91. The Morgan fingerprint density at radius 2 is 1.92 bits per heavy atom. The molecule has 1 aromatic heterocycles. The van der Waals surface area contributed by atoms with Gasteiger partial charge in [0.2, 0.25) is 11.9 Å². The van der Waals surface area contributed by atoms with E-state index in [2.05, 4.69) is 26.6 Å². The van der Waals surface area contributed by atoms with Crippen molar-refractivity contribution in [3.8, 4) is 0 Å². The molecule has 25 heavy (non-hydrogen) atoms. The number of amides is 1. The van der Waals surface area contributed by atoms with Crippen LogP contribution in [0.5, 0.6) is 0 Å². The van der Waals surface area contributed by atoms with Gasteiger partial charge >= 0.3 is 0 Å². The SMILES string of the molecule is CC(=O)N1CCN(c2nncc(Nc3c(C)cc(C)cc3Cl)n2)CC1. The maximum atomic E-state index is 11.4. The van der Waals surface area contributed by atoms with Gasteiger partial charge < -0.3 is 15.1 Å². The molecule has 132 valence electrons. The summed E-state index contributed by atoms with van der Waals surface area (Å²) in [6, 6.07) is 3.97. The van der Waals surface area contributed by atoms with E-state index in [1.54, 1.807) is 13.1 Å². The molecule has 1 aliphatic heterocycles.